The number of amides is 2. The molecule has 24 heavy (non-hydrogen) atoms. The zero-order valence-electron chi connectivity index (χ0n) is 13.7. The highest BCUT2D eigenvalue weighted by atomic mass is 32.1. The zero-order chi connectivity index (χ0) is 16.9. The maximum absolute atomic E-state index is 12.6. The number of aromatic amines is 1. The van der Waals surface area contributed by atoms with Gasteiger partial charge in [0.2, 0.25) is 11.8 Å². The lowest BCUT2D eigenvalue weighted by molar-refractivity contribution is -0.134. The molecule has 1 aliphatic carbocycles. The third-order valence-corrected chi connectivity index (χ3v) is 5.18. The number of carbonyl (C=O) groups is 2. The molecular formula is C17H22N4O2S. The standard InChI is InChI=1S/C17H22N4O2S/c1-11-8-15(21-20-11)19-17(23)14-5-3-2-4-13(14)16(22)18-9-12-6-7-24-10-12/h6-8,10,13-14H,2-5,9H2,1H3,(H,18,22)(H2,19,20,21,23)/t13-,14+/m0/s1. The molecule has 0 saturated heterocycles. The highest BCUT2D eigenvalue weighted by Crippen LogP contribution is 2.31. The molecule has 128 valence electrons. The van der Waals surface area contributed by atoms with Gasteiger partial charge in [-0.25, -0.2) is 0 Å². The number of H-pyrrole nitrogens is 1. The van der Waals surface area contributed by atoms with Crippen molar-refractivity contribution < 1.29 is 9.59 Å². The van der Waals surface area contributed by atoms with Gasteiger partial charge in [-0.05, 0) is 42.2 Å². The molecule has 3 N–H and O–H groups in total. The van der Waals surface area contributed by atoms with Gasteiger partial charge in [0.15, 0.2) is 5.82 Å². The average Bonchev–Trinajstić information content (AvgIpc) is 3.24. The van der Waals surface area contributed by atoms with Crippen molar-refractivity contribution in [2.75, 3.05) is 5.32 Å². The Bertz CT molecular complexity index is 695. The van der Waals surface area contributed by atoms with Crippen molar-refractivity contribution in [3.63, 3.8) is 0 Å². The van der Waals surface area contributed by atoms with E-state index < -0.39 is 0 Å². The van der Waals surface area contributed by atoms with E-state index in [2.05, 4.69) is 20.8 Å². The molecule has 2 atom stereocenters. The van der Waals surface area contributed by atoms with Crippen LogP contribution >= 0.6 is 11.3 Å². The summed E-state index contributed by atoms with van der Waals surface area (Å²) in [7, 11) is 0. The largest absolute Gasteiger partial charge is 0.352 e. The first-order valence-corrected chi connectivity index (χ1v) is 9.19. The Kier molecular flexibility index (Phi) is 5.30. The van der Waals surface area contributed by atoms with Gasteiger partial charge in [0.05, 0.1) is 0 Å². The van der Waals surface area contributed by atoms with Crippen molar-refractivity contribution in [2.24, 2.45) is 11.8 Å². The first-order chi connectivity index (χ1) is 11.6. The van der Waals surface area contributed by atoms with Crippen LogP contribution in [0.1, 0.15) is 36.9 Å². The number of nitrogens with zero attached hydrogens (tertiary/aromatic N) is 1. The summed E-state index contributed by atoms with van der Waals surface area (Å²) >= 11 is 1.61. The number of hydrogen-bond donors (Lipinski definition) is 3. The molecule has 1 saturated carbocycles. The molecule has 2 aromatic rings. The summed E-state index contributed by atoms with van der Waals surface area (Å²) in [6, 6.07) is 3.78. The third-order valence-electron chi connectivity index (χ3n) is 4.44. The summed E-state index contributed by atoms with van der Waals surface area (Å²) in [6.07, 6.45) is 3.47. The Labute approximate surface area is 145 Å². The van der Waals surface area contributed by atoms with E-state index in [1.54, 1.807) is 17.4 Å². The highest BCUT2D eigenvalue weighted by Gasteiger charge is 2.35. The van der Waals surface area contributed by atoms with Crippen molar-refractivity contribution in [3.8, 4) is 0 Å². The molecule has 7 heteroatoms. The predicted octanol–water partition coefficient (Wildman–Crippen LogP) is 2.84. The predicted molar refractivity (Wildman–Crippen MR) is 93.6 cm³/mol. The van der Waals surface area contributed by atoms with E-state index in [1.807, 2.05) is 23.8 Å². The molecule has 6 nitrogen and oxygen atoms in total. The fourth-order valence-electron chi connectivity index (χ4n) is 3.17. The van der Waals surface area contributed by atoms with Gasteiger partial charge in [-0.3, -0.25) is 14.7 Å². The molecule has 0 aromatic carbocycles. The molecular weight excluding hydrogens is 324 g/mol. The topological polar surface area (TPSA) is 86.9 Å². The number of hydrogen-bond acceptors (Lipinski definition) is 4. The van der Waals surface area contributed by atoms with Crippen LogP contribution in [0.15, 0.2) is 22.9 Å². The Morgan fingerprint density at radius 3 is 2.67 bits per heavy atom. The molecule has 0 aliphatic heterocycles. The average molecular weight is 346 g/mol. The summed E-state index contributed by atoms with van der Waals surface area (Å²) in [4.78, 5) is 25.1. The summed E-state index contributed by atoms with van der Waals surface area (Å²) in [5, 5.41) is 16.6. The lowest BCUT2D eigenvalue weighted by Crippen LogP contribution is -2.41. The first kappa shape index (κ1) is 16.7. The van der Waals surface area contributed by atoms with E-state index in [4.69, 9.17) is 0 Å². The lowest BCUT2D eigenvalue weighted by Gasteiger charge is -2.29. The quantitative estimate of drug-likeness (QED) is 0.778. The number of carbonyl (C=O) groups excluding carboxylic acids is 2. The fourth-order valence-corrected chi connectivity index (χ4v) is 3.84. The van der Waals surface area contributed by atoms with Crippen LogP contribution in [0.3, 0.4) is 0 Å². The molecule has 2 heterocycles. The molecule has 0 radical (unpaired) electrons. The van der Waals surface area contributed by atoms with E-state index in [0.717, 1.165) is 36.9 Å². The maximum Gasteiger partial charge on any atom is 0.229 e. The fraction of sp³-hybridized carbons (Fsp3) is 0.471. The van der Waals surface area contributed by atoms with Gasteiger partial charge in [-0.15, -0.1) is 0 Å². The van der Waals surface area contributed by atoms with Gasteiger partial charge in [-0.1, -0.05) is 12.8 Å². The minimum atomic E-state index is -0.293. The van der Waals surface area contributed by atoms with E-state index in [0.29, 0.717) is 12.4 Å². The minimum absolute atomic E-state index is 0.0285. The van der Waals surface area contributed by atoms with Crippen LogP contribution in [0.25, 0.3) is 0 Å². The van der Waals surface area contributed by atoms with Crippen LogP contribution in [0, 0.1) is 18.8 Å². The molecule has 0 unspecified atom stereocenters. The van der Waals surface area contributed by atoms with E-state index in [1.165, 1.54) is 0 Å². The van der Waals surface area contributed by atoms with Crippen LogP contribution in [0.2, 0.25) is 0 Å². The Morgan fingerprint density at radius 2 is 2.04 bits per heavy atom. The van der Waals surface area contributed by atoms with Crippen molar-refractivity contribution in [2.45, 2.75) is 39.2 Å². The van der Waals surface area contributed by atoms with Crippen molar-refractivity contribution >= 4 is 29.0 Å². The Hall–Kier alpha value is -2.15. The van der Waals surface area contributed by atoms with Crippen molar-refractivity contribution in [1.82, 2.24) is 15.5 Å². The second-order valence-corrected chi connectivity index (χ2v) is 7.05. The number of anilines is 1. The van der Waals surface area contributed by atoms with Crippen LogP contribution in [-0.4, -0.2) is 22.0 Å². The van der Waals surface area contributed by atoms with E-state index >= 15 is 0 Å². The Morgan fingerprint density at radius 1 is 1.29 bits per heavy atom. The first-order valence-electron chi connectivity index (χ1n) is 8.25. The molecule has 1 aliphatic rings. The zero-order valence-corrected chi connectivity index (χ0v) is 14.5. The highest BCUT2D eigenvalue weighted by molar-refractivity contribution is 7.07. The normalized spacial score (nSPS) is 20.5. The van der Waals surface area contributed by atoms with Crippen LogP contribution < -0.4 is 10.6 Å². The summed E-state index contributed by atoms with van der Waals surface area (Å²) in [5.41, 5.74) is 1.98. The van der Waals surface area contributed by atoms with Crippen LogP contribution in [0.5, 0.6) is 0 Å². The summed E-state index contributed by atoms with van der Waals surface area (Å²) in [5.74, 6) is -0.188. The van der Waals surface area contributed by atoms with Gasteiger partial charge in [0.1, 0.15) is 0 Å². The number of aromatic nitrogens is 2. The van der Waals surface area contributed by atoms with Crippen molar-refractivity contribution in [1.29, 1.82) is 0 Å². The van der Waals surface area contributed by atoms with Gasteiger partial charge in [-0.2, -0.15) is 16.4 Å². The summed E-state index contributed by atoms with van der Waals surface area (Å²) < 4.78 is 0. The minimum Gasteiger partial charge on any atom is -0.352 e. The molecule has 1 fully saturated rings. The van der Waals surface area contributed by atoms with Gasteiger partial charge < -0.3 is 10.6 Å². The van der Waals surface area contributed by atoms with Gasteiger partial charge in [0.25, 0.3) is 0 Å². The molecule has 0 bridgehead atoms. The molecule has 2 aromatic heterocycles. The number of nitrogens with one attached hydrogen (secondary N) is 3. The lowest BCUT2D eigenvalue weighted by atomic mass is 9.78. The molecule has 0 spiro atoms. The summed E-state index contributed by atoms with van der Waals surface area (Å²) in [6.45, 7) is 2.40. The maximum atomic E-state index is 12.6. The van der Waals surface area contributed by atoms with E-state index in [9.17, 15) is 9.59 Å². The van der Waals surface area contributed by atoms with Gasteiger partial charge >= 0.3 is 0 Å². The third kappa shape index (κ3) is 4.03. The van der Waals surface area contributed by atoms with E-state index in [-0.39, 0.29) is 23.7 Å². The smallest absolute Gasteiger partial charge is 0.229 e. The second-order valence-electron chi connectivity index (χ2n) is 6.27. The molecule has 3 rings (SSSR count). The van der Waals surface area contributed by atoms with Crippen LogP contribution in [0.4, 0.5) is 5.82 Å². The second kappa shape index (κ2) is 7.61. The number of thiophene rings is 1. The number of aryl methyl sites for hydroxylation is 1. The van der Waals surface area contributed by atoms with Crippen LogP contribution in [-0.2, 0) is 16.1 Å². The molecule has 2 amide bonds. The number of rotatable bonds is 5. The van der Waals surface area contributed by atoms with Gasteiger partial charge in [0, 0.05) is 30.1 Å². The Balaban J connectivity index is 1.61. The SMILES string of the molecule is Cc1cc(NC(=O)[C@@H]2CCCC[C@@H]2C(=O)NCc2ccsc2)n[nH]1. The van der Waals surface area contributed by atoms with Crippen molar-refractivity contribution in [3.05, 3.63) is 34.2 Å². The monoisotopic (exact) mass is 346 g/mol.